The van der Waals surface area contributed by atoms with E-state index in [2.05, 4.69) is 15.0 Å². The number of hydrogen-bond donors (Lipinski definition) is 1. The van der Waals surface area contributed by atoms with E-state index in [1.807, 2.05) is 24.3 Å². The minimum absolute atomic E-state index is 0.0812. The van der Waals surface area contributed by atoms with E-state index in [9.17, 15) is 13.2 Å². The summed E-state index contributed by atoms with van der Waals surface area (Å²) in [5.74, 6) is 0.206. The molecule has 3 aromatic rings. The van der Waals surface area contributed by atoms with E-state index in [1.165, 1.54) is 25.3 Å². The standard InChI is InChI=1S/C26H27F3N3/c1-30-23-12-10-18(16-25(23)13-5-2-6-14-25)17-9-11-21(26(27,28)29)20(15-17)24-19-7-3-4-8-22(19)31-32-24/h1,3-4,7-9,11,15,18,23H,2,5-6,10,12-14,16H2,(H,31,32)/q+1. The van der Waals surface area contributed by atoms with Crippen molar-refractivity contribution in [3.05, 3.63) is 58.4 Å². The molecule has 1 N–H and O–H groups in total. The average Bonchev–Trinajstić information content (AvgIpc) is 3.23. The Balaban J connectivity index is 1.58. The maximum Gasteiger partial charge on any atom is 0.417 e. The number of hydrogen-bond acceptors (Lipinski definition) is 1. The van der Waals surface area contributed by atoms with Crippen LogP contribution in [0.25, 0.3) is 27.0 Å². The van der Waals surface area contributed by atoms with Crippen molar-refractivity contribution in [3.8, 4) is 17.8 Å². The van der Waals surface area contributed by atoms with Crippen molar-refractivity contribution in [2.75, 3.05) is 0 Å². The fraction of sp³-hybridized carbons (Fsp3) is 0.462. The van der Waals surface area contributed by atoms with E-state index in [1.54, 1.807) is 12.1 Å². The SMILES string of the molecule is C#[N+]C1CCC(c2ccc(C(F)(F)F)c(-c3n[nH]c4ccccc34)c2)CC12CCCCC2. The van der Waals surface area contributed by atoms with E-state index in [4.69, 9.17) is 6.57 Å². The third-order valence-corrected chi connectivity index (χ3v) is 7.72. The zero-order valence-electron chi connectivity index (χ0n) is 18.0. The van der Waals surface area contributed by atoms with Crippen LogP contribution in [0, 0.1) is 12.0 Å². The Hall–Kier alpha value is -2.81. The predicted octanol–water partition coefficient (Wildman–Crippen LogP) is 7.80. The molecule has 0 aliphatic heterocycles. The molecular weight excluding hydrogens is 411 g/mol. The monoisotopic (exact) mass is 438 g/mol. The highest BCUT2D eigenvalue weighted by molar-refractivity contribution is 5.93. The average molecular weight is 439 g/mol. The Bertz CT molecular complexity index is 1170. The molecule has 5 rings (SSSR count). The van der Waals surface area contributed by atoms with Gasteiger partial charge in [-0.3, -0.25) is 5.10 Å². The van der Waals surface area contributed by atoms with Gasteiger partial charge >= 0.3 is 6.18 Å². The van der Waals surface area contributed by atoms with Crippen LogP contribution >= 0.6 is 0 Å². The van der Waals surface area contributed by atoms with Crippen LogP contribution in [-0.4, -0.2) is 16.2 Å². The lowest BCUT2D eigenvalue weighted by atomic mass is 9.59. The highest BCUT2D eigenvalue weighted by Gasteiger charge is 2.50. The minimum atomic E-state index is -4.45. The number of halogens is 3. The summed E-state index contributed by atoms with van der Waals surface area (Å²) >= 11 is 0. The second kappa shape index (κ2) is 7.95. The summed E-state index contributed by atoms with van der Waals surface area (Å²) < 4.78 is 41.8. The zero-order valence-corrected chi connectivity index (χ0v) is 18.0. The van der Waals surface area contributed by atoms with Crippen molar-refractivity contribution < 1.29 is 13.2 Å². The largest absolute Gasteiger partial charge is 0.417 e. The predicted molar refractivity (Wildman–Crippen MR) is 121 cm³/mol. The lowest BCUT2D eigenvalue weighted by Gasteiger charge is -2.42. The first-order valence-electron chi connectivity index (χ1n) is 11.5. The van der Waals surface area contributed by atoms with Crippen LogP contribution in [0.2, 0.25) is 0 Å². The van der Waals surface area contributed by atoms with E-state index in [0.29, 0.717) is 11.1 Å². The van der Waals surface area contributed by atoms with E-state index >= 15 is 0 Å². The minimum Gasteiger partial charge on any atom is -0.277 e. The Kier molecular flexibility index (Phi) is 5.23. The van der Waals surface area contributed by atoms with Gasteiger partial charge in [0.25, 0.3) is 12.6 Å². The molecule has 2 aliphatic rings. The van der Waals surface area contributed by atoms with Gasteiger partial charge in [0.15, 0.2) is 0 Å². The molecule has 0 saturated heterocycles. The molecule has 2 aliphatic carbocycles. The van der Waals surface area contributed by atoms with Crippen LogP contribution in [0.1, 0.15) is 68.4 Å². The molecule has 0 radical (unpaired) electrons. The number of para-hydroxylation sites is 1. The number of aromatic nitrogens is 2. The molecule has 0 amide bonds. The summed E-state index contributed by atoms with van der Waals surface area (Å²) in [6.45, 7) is 5.79. The molecule has 32 heavy (non-hydrogen) atoms. The Morgan fingerprint density at radius 3 is 2.56 bits per heavy atom. The van der Waals surface area contributed by atoms with Crippen molar-refractivity contribution in [2.24, 2.45) is 5.41 Å². The van der Waals surface area contributed by atoms with Crippen molar-refractivity contribution >= 4 is 10.9 Å². The highest BCUT2D eigenvalue weighted by atomic mass is 19.4. The first-order chi connectivity index (χ1) is 15.4. The number of H-pyrrole nitrogens is 1. The van der Waals surface area contributed by atoms with E-state index in [-0.39, 0.29) is 22.9 Å². The van der Waals surface area contributed by atoms with Gasteiger partial charge < -0.3 is 0 Å². The highest BCUT2D eigenvalue weighted by Crippen LogP contribution is 2.53. The van der Waals surface area contributed by atoms with Gasteiger partial charge in [-0.1, -0.05) is 48.4 Å². The van der Waals surface area contributed by atoms with Crippen LogP contribution < -0.4 is 0 Å². The maximum atomic E-state index is 13.9. The Morgan fingerprint density at radius 2 is 1.81 bits per heavy atom. The van der Waals surface area contributed by atoms with Gasteiger partial charge in [-0.15, -0.1) is 0 Å². The molecule has 1 aromatic heterocycles. The van der Waals surface area contributed by atoms with E-state index in [0.717, 1.165) is 43.2 Å². The first kappa shape index (κ1) is 21.1. The van der Waals surface area contributed by atoms with Crippen molar-refractivity contribution in [2.45, 2.75) is 69.5 Å². The lowest BCUT2D eigenvalue weighted by Crippen LogP contribution is -2.40. The molecule has 166 valence electrons. The summed E-state index contributed by atoms with van der Waals surface area (Å²) in [6, 6.07) is 12.1. The summed E-state index contributed by atoms with van der Waals surface area (Å²) in [6.07, 6.45) is 4.06. The number of aromatic amines is 1. The molecule has 2 atom stereocenters. The van der Waals surface area contributed by atoms with Crippen molar-refractivity contribution in [1.82, 2.24) is 10.2 Å². The normalized spacial score (nSPS) is 23.3. The molecule has 2 aromatic carbocycles. The number of nitrogens with zero attached hydrogens (tertiary/aromatic N) is 2. The zero-order chi connectivity index (χ0) is 22.3. The molecule has 0 bridgehead atoms. The Morgan fingerprint density at radius 1 is 1.03 bits per heavy atom. The summed E-state index contributed by atoms with van der Waals surface area (Å²) in [4.78, 5) is 4.23. The van der Waals surface area contributed by atoms with Crippen molar-refractivity contribution in [3.63, 3.8) is 0 Å². The van der Waals surface area contributed by atoms with Crippen LogP contribution in [0.3, 0.4) is 0 Å². The lowest BCUT2D eigenvalue weighted by molar-refractivity contribution is -0.137. The number of fused-ring (bicyclic) bond motifs is 1. The molecular formula is C26H27F3N3+. The molecule has 2 unspecified atom stereocenters. The third-order valence-electron chi connectivity index (χ3n) is 7.72. The third kappa shape index (κ3) is 3.58. The smallest absolute Gasteiger partial charge is 0.277 e. The van der Waals surface area contributed by atoms with Gasteiger partial charge in [-0.25, -0.2) is 0 Å². The van der Waals surface area contributed by atoms with Crippen LogP contribution in [-0.2, 0) is 6.18 Å². The molecule has 2 saturated carbocycles. The van der Waals surface area contributed by atoms with Gasteiger partial charge in [0.05, 0.1) is 16.5 Å². The molecule has 6 heteroatoms. The fourth-order valence-electron chi connectivity index (χ4n) is 6.13. The molecule has 1 heterocycles. The van der Waals surface area contributed by atoms with Gasteiger partial charge in [0.1, 0.15) is 5.69 Å². The summed E-state index contributed by atoms with van der Waals surface area (Å²) in [5, 5.41) is 7.86. The first-order valence-corrected chi connectivity index (χ1v) is 11.5. The van der Waals surface area contributed by atoms with Gasteiger partial charge in [0, 0.05) is 17.4 Å². The van der Waals surface area contributed by atoms with Gasteiger partial charge in [-0.2, -0.15) is 18.3 Å². The number of nitrogens with one attached hydrogen (secondary N) is 1. The number of benzene rings is 2. The second-order valence-electron chi connectivity index (χ2n) is 9.49. The van der Waals surface area contributed by atoms with E-state index < -0.39 is 11.7 Å². The van der Waals surface area contributed by atoms with Gasteiger partial charge in [0.2, 0.25) is 0 Å². The number of alkyl halides is 3. The quantitative estimate of drug-likeness (QED) is 0.435. The number of rotatable bonds is 2. The Labute approximate surface area is 185 Å². The van der Waals surface area contributed by atoms with Crippen LogP contribution in [0.4, 0.5) is 13.2 Å². The summed E-state index contributed by atoms with van der Waals surface area (Å²) in [5.41, 5.74) is 1.63. The summed E-state index contributed by atoms with van der Waals surface area (Å²) in [7, 11) is 0. The second-order valence-corrected chi connectivity index (χ2v) is 9.49. The van der Waals surface area contributed by atoms with Crippen LogP contribution in [0.5, 0.6) is 0 Å². The maximum absolute atomic E-state index is 13.9. The molecule has 2 fully saturated rings. The molecule has 3 nitrogen and oxygen atoms in total. The van der Waals surface area contributed by atoms with Gasteiger partial charge in [-0.05, 0) is 55.4 Å². The fourth-order valence-corrected chi connectivity index (χ4v) is 6.13. The van der Waals surface area contributed by atoms with Crippen molar-refractivity contribution in [1.29, 1.82) is 0 Å². The molecule has 1 spiro atoms. The van der Waals surface area contributed by atoms with Crippen LogP contribution in [0.15, 0.2) is 42.5 Å². The topological polar surface area (TPSA) is 33.0 Å².